The number of amides is 1. The number of thioether (sulfide) groups is 1. The molecule has 8 heteroatoms. The lowest BCUT2D eigenvalue weighted by Crippen LogP contribution is -2.15. The number of rotatable bonds is 5. The van der Waals surface area contributed by atoms with E-state index in [-0.39, 0.29) is 17.3 Å². The van der Waals surface area contributed by atoms with Crippen LogP contribution in [0.4, 0.5) is 10.1 Å². The second-order valence-electron chi connectivity index (χ2n) is 3.86. The van der Waals surface area contributed by atoms with E-state index in [1.54, 1.807) is 12.4 Å². The minimum atomic E-state index is -0.477. The van der Waals surface area contributed by atoms with E-state index in [2.05, 4.69) is 31.4 Å². The van der Waals surface area contributed by atoms with Crippen LogP contribution in [0.2, 0.25) is 0 Å². The van der Waals surface area contributed by atoms with E-state index in [0.29, 0.717) is 9.63 Å². The first-order valence-corrected chi connectivity index (χ1v) is 7.63. The number of nitrogens with zero attached hydrogens (tertiary/aromatic N) is 3. The van der Waals surface area contributed by atoms with Gasteiger partial charge in [0.05, 0.1) is 11.4 Å². The third-order valence-electron chi connectivity index (χ3n) is 2.46. The van der Waals surface area contributed by atoms with Crippen LogP contribution in [-0.4, -0.2) is 26.4 Å². The molecule has 20 heavy (non-hydrogen) atoms. The van der Waals surface area contributed by atoms with Gasteiger partial charge in [0, 0.05) is 11.0 Å². The van der Waals surface area contributed by atoms with Crippen LogP contribution in [0, 0.1) is 5.82 Å². The Morgan fingerprint density at radius 1 is 1.55 bits per heavy atom. The first-order chi connectivity index (χ1) is 9.60. The SMILES string of the molecule is CCn1cnnc1SCC(=O)Nc1ccc(Br)cc1F. The topological polar surface area (TPSA) is 59.8 Å². The quantitative estimate of drug-likeness (QED) is 0.834. The number of nitrogens with one attached hydrogen (secondary N) is 1. The fourth-order valence-corrected chi connectivity index (χ4v) is 2.59. The summed E-state index contributed by atoms with van der Waals surface area (Å²) >= 11 is 4.42. The van der Waals surface area contributed by atoms with Gasteiger partial charge < -0.3 is 9.88 Å². The van der Waals surface area contributed by atoms with Gasteiger partial charge in [0.15, 0.2) is 5.16 Å². The predicted molar refractivity (Wildman–Crippen MR) is 79.1 cm³/mol. The lowest BCUT2D eigenvalue weighted by atomic mass is 10.3. The second kappa shape index (κ2) is 6.85. The molecular weight excluding hydrogens is 347 g/mol. The number of halogens is 2. The van der Waals surface area contributed by atoms with E-state index >= 15 is 0 Å². The van der Waals surface area contributed by atoms with Crippen molar-refractivity contribution in [1.29, 1.82) is 0 Å². The summed E-state index contributed by atoms with van der Waals surface area (Å²) in [7, 11) is 0. The summed E-state index contributed by atoms with van der Waals surface area (Å²) in [6.07, 6.45) is 1.61. The van der Waals surface area contributed by atoms with Gasteiger partial charge in [-0.2, -0.15) is 0 Å². The highest BCUT2D eigenvalue weighted by atomic mass is 79.9. The van der Waals surface area contributed by atoms with Crippen molar-refractivity contribution < 1.29 is 9.18 Å². The number of carbonyl (C=O) groups is 1. The molecule has 0 saturated carbocycles. The molecule has 106 valence electrons. The van der Waals surface area contributed by atoms with Crippen molar-refractivity contribution in [1.82, 2.24) is 14.8 Å². The molecule has 0 aliphatic heterocycles. The summed E-state index contributed by atoms with van der Waals surface area (Å²) in [4.78, 5) is 11.8. The predicted octanol–water partition coefficient (Wildman–Crippen LogP) is 2.93. The highest BCUT2D eigenvalue weighted by Gasteiger charge is 2.10. The van der Waals surface area contributed by atoms with Gasteiger partial charge in [-0.3, -0.25) is 4.79 Å². The molecule has 0 fully saturated rings. The zero-order chi connectivity index (χ0) is 14.5. The van der Waals surface area contributed by atoms with Gasteiger partial charge in [0.25, 0.3) is 0 Å². The van der Waals surface area contributed by atoms with E-state index in [0.717, 1.165) is 6.54 Å². The lowest BCUT2D eigenvalue weighted by Gasteiger charge is -2.06. The van der Waals surface area contributed by atoms with E-state index in [9.17, 15) is 9.18 Å². The Balaban J connectivity index is 1.93. The van der Waals surface area contributed by atoms with E-state index < -0.39 is 5.82 Å². The molecular formula is C12H12BrFN4OS. The van der Waals surface area contributed by atoms with Crippen LogP contribution in [0.3, 0.4) is 0 Å². The van der Waals surface area contributed by atoms with Crippen molar-refractivity contribution in [2.24, 2.45) is 0 Å². The summed E-state index contributed by atoms with van der Waals surface area (Å²) in [5, 5.41) is 10.9. The first-order valence-electron chi connectivity index (χ1n) is 5.85. The Morgan fingerprint density at radius 3 is 3.05 bits per heavy atom. The molecule has 1 aromatic heterocycles. The minimum absolute atomic E-state index is 0.147. The maximum absolute atomic E-state index is 13.6. The number of aromatic nitrogens is 3. The molecule has 0 unspecified atom stereocenters. The Hall–Kier alpha value is -1.41. The zero-order valence-corrected chi connectivity index (χ0v) is 13.0. The number of hydrogen-bond donors (Lipinski definition) is 1. The number of anilines is 1. The fraction of sp³-hybridized carbons (Fsp3) is 0.250. The van der Waals surface area contributed by atoms with Gasteiger partial charge >= 0.3 is 0 Å². The van der Waals surface area contributed by atoms with Gasteiger partial charge in [-0.1, -0.05) is 27.7 Å². The van der Waals surface area contributed by atoms with Crippen LogP contribution in [0.5, 0.6) is 0 Å². The highest BCUT2D eigenvalue weighted by Crippen LogP contribution is 2.20. The van der Waals surface area contributed by atoms with Gasteiger partial charge in [0.1, 0.15) is 12.1 Å². The van der Waals surface area contributed by atoms with E-state index in [1.165, 1.54) is 23.9 Å². The number of carbonyl (C=O) groups excluding carboxylic acids is 1. The average molecular weight is 359 g/mol. The van der Waals surface area contributed by atoms with Crippen molar-refractivity contribution in [3.63, 3.8) is 0 Å². The molecule has 2 rings (SSSR count). The van der Waals surface area contributed by atoms with Gasteiger partial charge in [0.2, 0.25) is 5.91 Å². The summed E-state index contributed by atoms with van der Waals surface area (Å²) in [6.45, 7) is 2.70. The standard InChI is InChI=1S/C12H12BrFN4OS/c1-2-18-7-15-17-12(18)20-6-11(19)16-10-4-3-8(13)5-9(10)14/h3-5,7H,2,6H2,1H3,(H,16,19). The largest absolute Gasteiger partial charge is 0.323 e. The second-order valence-corrected chi connectivity index (χ2v) is 5.72. The van der Waals surface area contributed by atoms with Crippen molar-refractivity contribution in [3.8, 4) is 0 Å². The van der Waals surface area contributed by atoms with Crippen LogP contribution in [0.1, 0.15) is 6.92 Å². The molecule has 5 nitrogen and oxygen atoms in total. The molecule has 0 aliphatic rings. The van der Waals surface area contributed by atoms with Crippen molar-refractivity contribution in [2.45, 2.75) is 18.6 Å². The summed E-state index contributed by atoms with van der Waals surface area (Å²) in [6, 6.07) is 4.48. The molecule has 1 heterocycles. The average Bonchev–Trinajstić information content (AvgIpc) is 2.87. The molecule has 2 aromatic rings. The van der Waals surface area contributed by atoms with Gasteiger partial charge in [-0.15, -0.1) is 10.2 Å². The van der Waals surface area contributed by atoms with Crippen LogP contribution < -0.4 is 5.32 Å². The molecule has 0 aliphatic carbocycles. The maximum Gasteiger partial charge on any atom is 0.234 e. The maximum atomic E-state index is 13.6. The molecule has 1 N–H and O–H groups in total. The molecule has 1 aromatic carbocycles. The first kappa shape index (κ1) is 15.0. The molecule has 0 atom stereocenters. The summed E-state index contributed by atoms with van der Waals surface area (Å²) in [5.74, 6) is -0.620. The zero-order valence-electron chi connectivity index (χ0n) is 10.6. The highest BCUT2D eigenvalue weighted by molar-refractivity contribution is 9.10. The van der Waals surface area contributed by atoms with E-state index in [1.807, 2.05) is 11.5 Å². The number of benzene rings is 1. The van der Waals surface area contributed by atoms with Crippen molar-refractivity contribution in [2.75, 3.05) is 11.1 Å². The van der Waals surface area contributed by atoms with Gasteiger partial charge in [-0.05, 0) is 25.1 Å². The lowest BCUT2D eigenvalue weighted by molar-refractivity contribution is -0.113. The molecule has 0 spiro atoms. The fourth-order valence-electron chi connectivity index (χ4n) is 1.48. The molecule has 0 bridgehead atoms. The smallest absolute Gasteiger partial charge is 0.234 e. The minimum Gasteiger partial charge on any atom is -0.323 e. The van der Waals surface area contributed by atoms with E-state index in [4.69, 9.17) is 0 Å². The summed E-state index contributed by atoms with van der Waals surface area (Å²) in [5.41, 5.74) is 0.163. The molecule has 0 radical (unpaired) electrons. The van der Waals surface area contributed by atoms with Crippen molar-refractivity contribution >= 4 is 39.3 Å². The van der Waals surface area contributed by atoms with Crippen molar-refractivity contribution in [3.05, 3.63) is 34.8 Å². The molecule has 0 saturated heterocycles. The van der Waals surface area contributed by atoms with Gasteiger partial charge in [-0.25, -0.2) is 4.39 Å². The van der Waals surface area contributed by atoms with Crippen LogP contribution in [0.15, 0.2) is 34.2 Å². The normalized spacial score (nSPS) is 10.6. The molecule has 1 amide bonds. The monoisotopic (exact) mass is 358 g/mol. The van der Waals surface area contributed by atoms with Crippen LogP contribution >= 0.6 is 27.7 Å². The van der Waals surface area contributed by atoms with Crippen LogP contribution in [-0.2, 0) is 11.3 Å². The number of aryl methyl sites for hydroxylation is 1. The third kappa shape index (κ3) is 3.80. The third-order valence-corrected chi connectivity index (χ3v) is 3.93. The Labute approximate surface area is 128 Å². The van der Waals surface area contributed by atoms with Crippen LogP contribution in [0.25, 0.3) is 0 Å². The Bertz CT molecular complexity index is 619. The Morgan fingerprint density at radius 2 is 2.35 bits per heavy atom. The number of hydrogen-bond acceptors (Lipinski definition) is 4. The Kier molecular flexibility index (Phi) is 5.13. The summed E-state index contributed by atoms with van der Waals surface area (Å²) < 4.78 is 16.0.